The van der Waals surface area contributed by atoms with Gasteiger partial charge in [0.2, 0.25) is 0 Å². The molecule has 1 unspecified atom stereocenters. The van der Waals surface area contributed by atoms with E-state index >= 15 is 0 Å². The van der Waals surface area contributed by atoms with E-state index in [0.717, 1.165) is 0 Å². The van der Waals surface area contributed by atoms with Crippen molar-refractivity contribution in [3.8, 4) is 5.75 Å². The van der Waals surface area contributed by atoms with Crippen LogP contribution in [0.4, 0.5) is 0 Å². The number of phenolic OH excluding ortho intramolecular Hbond substituents is 1. The minimum Gasteiger partial charge on any atom is -0.505 e. The minimum absolute atomic E-state index is 0.0141. The molecule has 1 saturated heterocycles. The fourth-order valence-electron chi connectivity index (χ4n) is 2.09. The predicted molar refractivity (Wildman–Crippen MR) is 77.2 cm³/mol. The third kappa shape index (κ3) is 3.37. The van der Waals surface area contributed by atoms with Crippen molar-refractivity contribution < 1.29 is 18.3 Å². The zero-order valence-corrected chi connectivity index (χ0v) is 12.7. The van der Waals surface area contributed by atoms with E-state index in [2.05, 4.69) is 5.32 Å². The SMILES string of the molecule is O=C(NCC1CCS(=O)(=O)C1)c1ccc(Cl)c(Cl)c1O. The van der Waals surface area contributed by atoms with E-state index in [9.17, 15) is 18.3 Å². The van der Waals surface area contributed by atoms with Gasteiger partial charge < -0.3 is 10.4 Å². The molecule has 0 saturated carbocycles. The molecule has 0 aliphatic carbocycles. The Morgan fingerprint density at radius 1 is 1.40 bits per heavy atom. The van der Waals surface area contributed by atoms with E-state index in [1.807, 2.05) is 0 Å². The van der Waals surface area contributed by atoms with Gasteiger partial charge in [-0.25, -0.2) is 8.42 Å². The summed E-state index contributed by atoms with van der Waals surface area (Å²) in [5.74, 6) is -0.735. The fourth-order valence-corrected chi connectivity index (χ4v) is 4.27. The van der Waals surface area contributed by atoms with Crippen LogP contribution in [0.3, 0.4) is 0 Å². The molecule has 1 amide bonds. The van der Waals surface area contributed by atoms with Crippen molar-refractivity contribution >= 4 is 38.9 Å². The van der Waals surface area contributed by atoms with Crippen LogP contribution in [0, 0.1) is 5.92 Å². The Kier molecular flexibility index (Phi) is 4.46. The van der Waals surface area contributed by atoms with Crippen molar-refractivity contribution in [2.75, 3.05) is 18.1 Å². The Bertz CT molecular complexity index is 645. The fraction of sp³-hybridized carbons (Fsp3) is 0.417. The molecular weight excluding hydrogens is 325 g/mol. The lowest BCUT2D eigenvalue weighted by Gasteiger charge is -2.11. The van der Waals surface area contributed by atoms with Gasteiger partial charge in [-0.3, -0.25) is 4.79 Å². The van der Waals surface area contributed by atoms with Crippen molar-refractivity contribution in [1.29, 1.82) is 0 Å². The van der Waals surface area contributed by atoms with Crippen LogP contribution in [-0.4, -0.2) is 37.5 Å². The molecule has 1 atom stereocenters. The van der Waals surface area contributed by atoms with Gasteiger partial charge in [-0.05, 0) is 24.5 Å². The highest BCUT2D eigenvalue weighted by molar-refractivity contribution is 7.91. The third-order valence-corrected chi connectivity index (χ3v) is 5.82. The molecule has 1 aliphatic heterocycles. The lowest BCUT2D eigenvalue weighted by Crippen LogP contribution is -2.29. The van der Waals surface area contributed by atoms with E-state index in [1.165, 1.54) is 12.1 Å². The molecular formula is C12H13Cl2NO4S. The summed E-state index contributed by atoms with van der Waals surface area (Å²) in [7, 11) is -2.97. The molecule has 1 fully saturated rings. The summed E-state index contributed by atoms with van der Waals surface area (Å²) in [6, 6.07) is 2.78. The molecule has 0 radical (unpaired) electrons. The number of rotatable bonds is 3. The average molecular weight is 338 g/mol. The second kappa shape index (κ2) is 5.79. The molecule has 0 aromatic heterocycles. The summed E-state index contributed by atoms with van der Waals surface area (Å²) >= 11 is 11.5. The lowest BCUT2D eigenvalue weighted by molar-refractivity contribution is 0.0946. The van der Waals surface area contributed by atoms with Gasteiger partial charge >= 0.3 is 0 Å². The van der Waals surface area contributed by atoms with Gasteiger partial charge in [-0.2, -0.15) is 0 Å². The van der Waals surface area contributed by atoms with Crippen LogP contribution in [0.2, 0.25) is 10.0 Å². The first-order valence-corrected chi connectivity index (χ1v) is 8.53. The monoisotopic (exact) mass is 337 g/mol. The smallest absolute Gasteiger partial charge is 0.255 e. The molecule has 1 aromatic carbocycles. The van der Waals surface area contributed by atoms with Crippen LogP contribution >= 0.6 is 23.2 Å². The Labute approximate surface area is 126 Å². The first-order chi connectivity index (χ1) is 9.30. The number of carbonyl (C=O) groups excluding carboxylic acids is 1. The topological polar surface area (TPSA) is 83.5 Å². The van der Waals surface area contributed by atoms with Crippen LogP contribution in [-0.2, 0) is 9.84 Å². The third-order valence-electron chi connectivity index (χ3n) is 3.19. The maximum atomic E-state index is 11.9. The van der Waals surface area contributed by atoms with Gasteiger partial charge in [0.25, 0.3) is 5.91 Å². The van der Waals surface area contributed by atoms with Crippen molar-refractivity contribution in [3.05, 3.63) is 27.7 Å². The molecule has 20 heavy (non-hydrogen) atoms. The number of phenols is 1. The number of nitrogens with one attached hydrogen (secondary N) is 1. The van der Waals surface area contributed by atoms with Crippen molar-refractivity contribution in [2.24, 2.45) is 5.92 Å². The quantitative estimate of drug-likeness (QED) is 0.881. The summed E-state index contributed by atoms with van der Waals surface area (Å²) in [5, 5.41) is 12.4. The van der Waals surface area contributed by atoms with Crippen LogP contribution in [0.1, 0.15) is 16.8 Å². The van der Waals surface area contributed by atoms with E-state index in [1.54, 1.807) is 0 Å². The van der Waals surface area contributed by atoms with E-state index in [4.69, 9.17) is 23.2 Å². The van der Waals surface area contributed by atoms with Gasteiger partial charge in [-0.1, -0.05) is 23.2 Å². The van der Waals surface area contributed by atoms with Gasteiger partial charge in [0.05, 0.1) is 22.1 Å². The number of aromatic hydroxyl groups is 1. The summed E-state index contributed by atoms with van der Waals surface area (Å²) in [6.07, 6.45) is 0.538. The predicted octanol–water partition coefficient (Wildman–Crippen LogP) is 1.86. The standard InChI is InChI=1S/C12H13Cl2NO4S/c13-9-2-1-8(11(16)10(9)14)12(17)15-5-7-3-4-20(18,19)6-7/h1-2,7,16H,3-6H2,(H,15,17). The first-order valence-electron chi connectivity index (χ1n) is 5.96. The second-order valence-electron chi connectivity index (χ2n) is 4.74. The van der Waals surface area contributed by atoms with E-state index in [0.29, 0.717) is 6.42 Å². The molecule has 110 valence electrons. The summed E-state index contributed by atoms with van der Waals surface area (Å²) < 4.78 is 22.6. The molecule has 1 aromatic rings. The number of hydrogen-bond donors (Lipinski definition) is 2. The molecule has 2 rings (SSSR count). The van der Waals surface area contributed by atoms with Gasteiger partial charge in [0, 0.05) is 6.54 Å². The van der Waals surface area contributed by atoms with Crippen molar-refractivity contribution in [3.63, 3.8) is 0 Å². The van der Waals surface area contributed by atoms with Crippen molar-refractivity contribution in [2.45, 2.75) is 6.42 Å². The molecule has 2 N–H and O–H groups in total. The highest BCUT2D eigenvalue weighted by atomic mass is 35.5. The maximum Gasteiger partial charge on any atom is 0.255 e. The van der Waals surface area contributed by atoms with Gasteiger partial charge in [0.15, 0.2) is 9.84 Å². The Balaban J connectivity index is 2.01. The Morgan fingerprint density at radius 3 is 2.70 bits per heavy atom. The zero-order valence-electron chi connectivity index (χ0n) is 10.4. The summed E-state index contributed by atoms with van der Waals surface area (Å²) in [6.45, 7) is 0.248. The number of sulfone groups is 1. The molecule has 8 heteroatoms. The highest BCUT2D eigenvalue weighted by Gasteiger charge is 2.28. The molecule has 5 nitrogen and oxygen atoms in total. The zero-order chi connectivity index (χ0) is 14.9. The molecule has 0 bridgehead atoms. The van der Waals surface area contributed by atoms with E-state index < -0.39 is 15.7 Å². The van der Waals surface area contributed by atoms with Crippen molar-refractivity contribution in [1.82, 2.24) is 5.32 Å². The van der Waals surface area contributed by atoms with Gasteiger partial charge in [-0.15, -0.1) is 0 Å². The molecule has 0 spiro atoms. The van der Waals surface area contributed by atoms with Crippen LogP contribution in [0.15, 0.2) is 12.1 Å². The van der Waals surface area contributed by atoms with Gasteiger partial charge in [0.1, 0.15) is 10.8 Å². The van der Waals surface area contributed by atoms with Crippen LogP contribution in [0.25, 0.3) is 0 Å². The minimum atomic E-state index is -2.97. The Hall–Kier alpha value is -0.980. The maximum absolute atomic E-state index is 11.9. The molecule has 1 aliphatic rings. The highest BCUT2D eigenvalue weighted by Crippen LogP contribution is 2.34. The number of amides is 1. The van der Waals surface area contributed by atoms with Crippen LogP contribution < -0.4 is 5.32 Å². The molecule has 1 heterocycles. The number of hydrogen-bond acceptors (Lipinski definition) is 4. The number of halogens is 2. The normalized spacial score (nSPS) is 20.8. The second-order valence-corrected chi connectivity index (χ2v) is 7.75. The summed E-state index contributed by atoms with van der Waals surface area (Å²) in [4.78, 5) is 11.9. The van der Waals surface area contributed by atoms with Crippen LogP contribution in [0.5, 0.6) is 5.75 Å². The number of benzene rings is 1. The lowest BCUT2D eigenvalue weighted by atomic mass is 10.1. The van der Waals surface area contributed by atoms with E-state index in [-0.39, 0.29) is 45.3 Å². The Morgan fingerprint density at radius 2 is 2.10 bits per heavy atom. The average Bonchev–Trinajstić information content (AvgIpc) is 2.73. The number of carbonyl (C=O) groups is 1. The summed E-state index contributed by atoms with van der Waals surface area (Å²) in [5.41, 5.74) is 0.0141. The largest absolute Gasteiger partial charge is 0.505 e. The first kappa shape index (κ1) is 15.4.